The van der Waals surface area contributed by atoms with Crippen LogP contribution in [0.4, 0.5) is 11.4 Å². The summed E-state index contributed by atoms with van der Waals surface area (Å²) in [7, 11) is 1.77. The van der Waals surface area contributed by atoms with Crippen molar-refractivity contribution in [3.05, 3.63) is 30.5 Å². The molecule has 1 aliphatic rings. The molecule has 0 aliphatic carbocycles. The van der Waals surface area contributed by atoms with Crippen LogP contribution in [-0.2, 0) is 4.74 Å². The first-order valence-corrected chi connectivity index (χ1v) is 7.16. The fourth-order valence-corrected chi connectivity index (χ4v) is 3.10. The van der Waals surface area contributed by atoms with Gasteiger partial charge in [0.15, 0.2) is 0 Å². The number of hydrogen-bond donors (Lipinski definition) is 1. The number of rotatable bonds is 3. The Morgan fingerprint density at radius 2 is 2.30 bits per heavy atom. The third kappa shape index (κ3) is 2.43. The van der Waals surface area contributed by atoms with Crippen LogP contribution in [0.2, 0.25) is 0 Å². The normalized spacial score (nSPS) is 19.4. The minimum Gasteiger partial charge on any atom is -0.396 e. The van der Waals surface area contributed by atoms with Gasteiger partial charge in [-0.3, -0.25) is 4.98 Å². The summed E-state index contributed by atoms with van der Waals surface area (Å²) in [6.45, 7) is 2.91. The van der Waals surface area contributed by atoms with Crippen LogP contribution >= 0.6 is 0 Å². The third-order valence-corrected chi connectivity index (χ3v) is 4.07. The lowest BCUT2D eigenvalue weighted by atomic mass is 9.98. The molecule has 0 radical (unpaired) electrons. The number of nitrogens with zero attached hydrogens (tertiary/aromatic N) is 2. The van der Waals surface area contributed by atoms with Crippen molar-refractivity contribution in [3.8, 4) is 0 Å². The number of hydrogen-bond acceptors (Lipinski definition) is 4. The minimum atomic E-state index is 0.595. The predicted octanol–water partition coefficient (Wildman–Crippen LogP) is 2.68. The Hall–Kier alpha value is -1.81. The molecule has 2 N–H and O–H groups in total. The van der Waals surface area contributed by atoms with Crippen molar-refractivity contribution in [3.63, 3.8) is 0 Å². The molecule has 1 atom stereocenters. The van der Waals surface area contributed by atoms with E-state index in [2.05, 4.69) is 22.0 Å². The highest BCUT2D eigenvalue weighted by Crippen LogP contribution is 2.33. The molecule has 0 amide bonds. The summed E-state index contributed by atoms with van der Waals surface area (Å²) in [5, 5.41) is 1.04. The van der Waals surface area contributed by atoms with Gasteiger partial charge in [0.05, 0.1) is 23.5 Å². The van der Waals surface area contributed by atoms with E-state index in [1.165, 1.54) is 12.8 Å². The maximum atomic E-state index is 6.36. The fourth-order valence-electron chi connectivity index (χ4n) is 3.10. The quantitative estimate of drug-likeness (QED) is 0.872. The molecule has 0 spiro atoms. The van der Waals surface area contributed by atoms with Crippen LogP contribution < -0.4 is 10.6 Å². The molecule has 0 bridgehead atoms. The van der Waals surface area contributed by atoms with Crippen LogP contribution in [0.5, 0.6) is 0 Å². The average Bonchev–Trinajstić information content (AvgIpc) is 2.48. The molecular formula is C16H21N3O. The number of anilines is 2. The van der Waals surface area contributed by atoms with Gasteiger partial charge < -0.3 is 15.4 Å². The Bertz CT molecular complexity index is 597. The molecule has 1 aliphatic heterocycles. The highest BCUT2D eigenvalue weighted by molar-refractivity contribution is 5.97. The molecule has 2 aromatic rings. The molecule has 1 saturated heterocycles. The summed E-state index contributed by atoms with van der Waals surface area (Å²) in [5.74, 6) is 0.595. The van der Waals surface area contributed by atoms with Crippen molar-refractivity contribution >= 4 is 22.3 Å². The van der Waals surface area contributed by atoms with E-state index in [4.69, 9.17) is 10.5 Å². The monoisotopic (exact) mass is 271 g/mol. The molecule has 1 aromatic heterocycles. The summed E-state index contributed by atoms with van der Waals surface area (Å²) >= 11 is 0. The van der Waals surface area contributed by atoms with Gasteiger partial charge in [0, 0.05) is 31.8 Å². The standard InChI is InChI=1S/C16H21N3O/c1-20-11-12-4-3-9-19(10-12)15-7-6-14-13(16(15)17)5-2-8-18-14/h2,5-8,12H,3-4,9-11,17H2,1H3. The van der Waals surface area contributed by atoms with Gasteiger partial charge >= 0.3 is 0 Å². The van der Waals surface area contributed by atoms with Gasteiger partial charge in [-0.25, -0.2) is 0 Å². The largest absolute Gasteiger partial charge is 0.396 e. The van der Waals surface area contributed by atoms with E-state index < -0.39 is 0 Å². The number of nitrogens with two attached hydrogens (primary N) is 1. The number of aromatic nitrogens is 1. The van der Waals surface area contributed by atoms with Gasteiger partial charge in [-0.1, -0.05) is 0 Å². The summed E-state index contributed by atoms with van der Waals surface area (Å²) in [5.41, 5.74) is 9.29. The second-order valence-electron chi connectivity index (χ2n) is 5.48. The minimum absolute atomic E-state index is 0.595. The lowest BCUT2D eigenvalue weighted by Gasteiger charge is -2.35. The van der Waals surface area contributed by atoms with Gasteiger partial charge in [-0.05, 0) is 43.0 Å². The van der Waals surface area contributed by atoms with Crippen LogP contribution in [0.3, 0.4) is 0 Å². The number of piperidine rings is 1. The SMILES string of the molecule is COCC1CCCN(c2ccc3ncccc3c2N)C1. The lowest BCUT2D eigenvalue weighted by molar-refractivity contribution is 0.143. The van der Waals surface area contributed by atoms with Crippen molar-refractivity contribution in [1.82, 2.24) is 4.98 Å². The number of ether oxygens (including phenoxy) is 1. The lowest BCUT2D eigenvalue weighted by Crippen LogP contribution is -2.37. The molecule has 2 heterocycles. The Labute approximate surface area is 119 Å². The predicted molar refractivity (Wildman–Crippen MR) is 83.0 cm³/mol. The first-order chi connectivity index (χ1) is 9.79. The third-order valence-electron chi connectivity index (χ3n) is 4.07. The molecular weight excluding hydrogens is 250 g/mol. The Morgan fingerprint density at radius 1 is 1.40 bits per heavy atom. The van der Waals surface area contributed by atoms with Crippen molar-refractivity contribution in [2.75, 3.05) is 37.4 Å². The number of fused-ring (bicyclic) bond motifs is 1. The van der Waals surface area contributed by atoms with E-state index in [1.807, 2.05) is 12.1 Å². The Kier molecular flexibility index (Phi) is 3.74. The van der Waals surface area contributed by atoms with Crippen LogP contribution in [0.15, 0.2) is 30.5 Å². The second-order valence-corrected chi connectivity index (χ2v) is 5.48. The van der Waals surface area contributed by atoms with E-state index in [1.54, 1.807) is 13.3 Å². The van der Waals surface area contributed by atoms with E-state index in [0.29, 0.717) is 5.92 Å². The highest BCUT2D eigenvalue weighted by Gasteiger charge is 2.21. The summed E-state index contributed by atoms with van der Waals surface area (Å²) in [4.78, 5) is 6.74. The molecule has 20 heavy (non-hydrogen) atoms. The van der Waals surface area contributed by atoms with Crippen LogP contribution in [0.25, 0.3) is 10.9 Å². The van der Waals surface area contributed by atoms with Gasteiger partial charge in [0.1, 0.15) is 0 Å². The first-order valence-electron chi connectivity index (χ1n) is 7.16. The summed E-state index contributed by atoms with van der Waals surface area (Å²) in [6.07, 6.45) is 4.23. The first kappa shape index (κ1) is 13.2. The molecule has 1 unspecified atom stereocenters. The Morgan fingerprint density at radius 3 is 3.15 bits per heavy atom. The zero-order chi connectivity index (χ0) is 13.9. The molecule has 0 saturated carbocycles. The van der Waals surface area contributed by atoms with Gasteiger partial charge in [0.2, 0.25) is 0 Å². The van der Waals surface area contributed by atoms with Crippen LogP contribution in [-0.4, -0.2) is 31.8 Å². The number of pyridine rings is 1. The molecule has 1 fully saturated rings. The van der Waals surface area contributed by atoms with E-state index in [9.17, 15) is 0 Å². The molecule has 4 heteroatoms. The van der Waals surface area contributed by atoms with Gasteiger partial charge in [-0.15, -0.1) is 0 Å². The zero-order valence-electron chi connectivity index (χ0n) is 11.9. The summed E-state index contributed by atoms with van der Waals surface area (Å²) in [6, 6.07) is 8.13. The number of nitrogen functional groups attached to an aromatic ring is 1. The van der Waals surface area contributed by atoms with Crippen molar-refractivity contribution in [1.29, 1.82) is 0 Å². The zero-order valence-corrected chi connectivity index (χ0v) is 11.9. The van der Waals surface area contributed by atoms with Crippen LogP contribution in [0.1, 0.15) is 12.8 Å². The second kappa shape index (κ2) is 5.67. The Balaban J connectivity index is 1.91. The summed E-state index contributed by atoms with van der Waals surface area (Å²) < 4.78 is 5.30. The van der Waals surface area contributed by atoms with Crippen molar-refractivity contribution < 1.29 is 4.74 Å². The van der Waals surface area contributed by atoms with E-state index in [0.717, 1.165) is 42.0 Å². The molecule has 106 valence electrons. The molecule has 3 rings (SSSR count). The maximum Gasteiger partial charge on any atom is 0.0724 e. The van der Waals surface area contributed by atoms with E-state index in [-0.39, 0.29) is 0 Å². The highest BCUT2D eigenvalue weighted by atomic mass is 16.5. The maximum absolute atomic E-state index is 6.36. The topological polar surface area (TPSA) is 51.4 Å². The average molecular weight is 271 g/mol. The molecule has 1 aromatic carbocycles. The number of benzene rings is 1. The van der Waals surface area contributed by atoms with E-state index >= 15 is 0 Å². The smallest absolute Gasteiger partial charge is 0.0724 e. The van der Waals surface area contributed by atoms with Crippen molar-refractivity contribution in [2.45, 2.75) is 12.8 Å². The van der Waals surface area contributed by atoms with Gasteiger partial charge in [0.25, 0.3) is 0 Å². The van der Waals surface area contributed by atoms with Gasteiger partial charge in [-0.2, -0.15) is 0 Å². The number of methoxy groups -OCH3 is 1. The van der Waals surface area contributed by atoms with Crippen LogP contribution in [0, 0.1) is 5.92 Å². The van der Waals surface area contributed by atoms with Crippen molar-refractivity contribution in [2.24, 2.45) is 5.92 Å². The fraction of sp³-hybridized carbons (Fsp3) is 0.438. The molecule has 4 nitrogen and oxygen atoms in total.